The zero-order chi connectivity index (χ0) is 20.9. The molecule has 0 unspecified atom stereocenters. The molecule has 158 valence electrons. The average molecular weight is 427 g/mol. The minimum atomic E-state index is -3.56. The molecule has 1 amide bonds. The van der Waals surface area contributed by atoms with Gasteiger partial charge >= 0.3 is 0 Å². The number of nitrogens with zero attached hydrogens (tertiary/aromatic N) is 2. The first-order valence-corrected chi connectivity index (χ1v) is 12.2. The lowest BCUT2D eigenvalue weighted by Gasteiger charge is -2.32. The number of hydrogen-bond acceptors (Lipinski definition) is 3. The number of quaternary nitrogens is 1. The smallest absolute Gasteiger partial charge is 0.243 e. The summed E-state index contributed by atoms with van der Waals surface area (Å²) in [7, 11) is -3.56. The molecule has 0 aliphatic carbocycles. The highest BCUT2D eigenvalue weighted by atomic mass is 32.2. The lowest BCUT2D eigenvalue weighted by atomic mass is 9.97. The Bertz CT molecular complexity index is 1080. The number of carbonyl (C=O) groups is 1. The zero-order valence-electron chi connectivity index (χ0n) is 17.3. The van der Waals surface area contributed by atoms with E-state index in [1.54, 1.807) is 10.4 Å². The topological polar surface area (TPSA) is 62.1 Å². The van der Waals surface area contributed by atoms with Gasteiger partial charge in [-0.05, 0) is 43.0 Å². The number of sulfonamides is 1. The van der Waals surface area contributed by atoms with Gasteiger partial charge in [-0.1, -0.05) is 30.3 Å². The van der Waals surface area contributed by atoms with Crippen molar-refractivity contribution in [3.63, 3.8) is 0 Å². The number of benzene rings is 2. The summed E-state index contributed by atoms with van der Waals surface area (Å²) < 4.78 is 28.5. The summed E-state index contributed by atoms with van der Waals surface area (Å²) in [6, 6.07) is 13.9. The molecule has 3 aliphatic heterocycles. The van der Waals surface area contributed by atoms with Crippen LogP contribution in [0.3, 0.4) is 0 Å². The summed E-state index contributed by atoms with van der Waals surface area (Å²) in [4.78, 5) is 16.2. The van der Waals surface area contributed by atoms with Crippen molar-refractivity contribution in [3.05, 3.63) is 59.2 Å². The molecule has 0 radical (unpaired) electrons. The molecule has 7 heteroatoms. The van der Waals surface area contributed by atoms with Gasteiger partial charge in [0, 0.05) is 12.1 Å². The number of aryl methyl sites for hydroxylation is 1. The van der Waals surface area contributed by atoms with E-state index in [9.17, 15) is 13.2 Å². The number of nitrogens with one attached hydrogen (secondary N) is 1. The molecule has 1 fully saturated rings. The molecular formula is C23H28N3O3S+. The lowest BCUT2D eigenvalue weighted by molar-refractivity contribution is -0.917. The first-order chi connectivity index (χ1) is 14.4. The summed E-state index contributed by atoms with van der Waals surface area (Å²) in [5.74, 6) is -0.169. The van der Waals surface area contributed by atoms with Crippen LogP contribution in [0.1, 0.15) is 36.0 Å². The lowest BCUT2D eigenvalue weighted by Crippen LogP contribution is -3.13. The molecule has 0 bridgehead atoms. The van der Waals surface area contributed by atoms with E-state index in [1.165, 1.54) is 10.5 Å². The van der Waals surface area contributed by atoms with Gasteiger partial charge in [0.2, 0.25) is 15.9 Å². The van der Waals surface area contributed by atoms with Crippen LogP contribution in [0.4, 0.5) is 5.69 Å². The van der Waals surface area contributed by atoms with Crippen LogP contribution < -0.4 is 9.80 Å². The second-order valence-electron chi connectivity index (χ2n) is 8.65. The fraction of sp³-hybridized carbons (Fsp3) is 0.435. The number of anilines is 1. The number of hydrogen-bond donors (Lipinski definition) is 1. The molecule has 0 aromatic heterocycles. The van der Waals surface area contributed by atoms with E-state index in [0.29, 0.717) is 18.0 Å². The van der Waals surface area contributed by atoms with Crippen LogP contribution in [0.2, 0.25) is 0 Å². The highest BCUT2D eigenvalue weighted by molar-refractivity contribution is 7.89. The van der Waals surface area contributed by atoms with Crippen molar-refractivity contribution in [3.8, 4) is 0 Å². The summed E-state index contributed by atoms with van der Waals surface area (Å²) in [6.07, 6.45) is 1.72. The monoisotopic (exact) mass is 426 g/mol. The van der Waals surface area contributed by atoms with Gasteiger partial charge in [0.1, 0.15) is 6.54 Å². The molecule has 6 nitrogen and oxygen atoms in total. The zero-order valence-corrected chi connectivity index (χ0v) is 18.1. The van der Waals surface area contributed by atoms with Crippen LogP contribution in [0.15, 0.2) is 47.4 Å². The van der Waals surface area contributed by atoms with Gasteiger partial charge in [0.15, 0.2) is 0 Å². The van der Waals surface area contributed by atoms with Gasteiger partial charge in [0.25, 0.3) is 0 Å². The van der Waals surface area contributed by atoms with Gasteiger partial charge < -0.3 is 9.80 Å². The molecule has 5 rings (SSSR count). The Morgan fingerprint density at radius 2 is 1.80 bits per heavy atom. The van der Waals surface area contributed by atoms with Crippen LogP contribution in [0.25, 0.3) is 0 Å². The third kappa shape index (κ3) is 3.25. The Morgan fingerprint density at radius 1 is 1.07 bits per heavy atom. The molecule has 3 heterocycles. The van der Waals surface area contributed by atoms with Crippen LogP contribution >= 0.6 is 0 Å². The Labute approximate surface area is 178 Å². The maximum absolute atomic E-state index is 13.4. The van der Waals surface area contributed by atoms with Crippen molar-refractivity contribution in [1.29, 1.82) is 0 Å². The molecule has 2 aromatic rings. The molecule has 1 atom stereocenters. The fourth-order valence-corrected chi connectivity index (χ4v) is 6.60. The standard InChI is InChI=1S/C23H27N3O3S/c1-17-21-15-20(14-19-8-5-9-26(22(19)21)23(17)27)30(28,29)25-12-10-24(11-13-25)16-18-6-3-2-4-7-18/h2-4,6-7,14-15,17H,5,8-13,16H2,1H3/p+1/t17-/m0/s1. The van der Waals surface area contributed by atoms with E-state index < -0.39 is 10.0 Å². The predicted octanol–water partition coefficient (Wildman–Crippen LogP) is 1.17. The van der Waals surface area contributed by atoms with Gasteiger partial charge in [-0.3, -0.25) is 4.79 Å². The van der Waals surface area contributed by atoms with E-state index in [-0.39, 0.29) is 11.8 Å². The minimum absolute atomic E-state index is 0.0959. The second kappa shape index (κ2) is 7.48. The van der Waals surface area contributed by atoms with Crippen LogP contribution in [-0.2, 0) is 27.8 Å². The number of carbonyl (C=O) groups excluding carboxylic acids is 1. The molecule has 30 heavy (non-hydrogen) atoms. The average Bonchev–Trinajstić information content (AvgIpc) is 3.01. The van der Waals surface area contributed by atoms with Gasteiger partial charge in [-0.15, -0.1) is 0 Å². The first-order valence-electron chi connectivity index (χ1n) is 10.8. The largest absolute Gasteiger partial charge is 0.329 e. The SMILES string of the molecule is C[C@@H]1C(=O)N2CCCc3cc(S(=O)(=O)N4CC[NH+](Cc5ccccc5)CC4)cc1c32. The quantitative estimate of drug-likeness (QED) is 0.799. The van der Waals surface area contributed by atoms with E-state index in [0.717, 1.165) is 55.8 Å². The number of piperazine rings is 1. The van der Waals surface area contributed by atoms with Crippen molar-refractivity contribution in [1.82, 2.24) is 4.31 Å². The Hall–Kier alpha value is -2.22. The molecule has 3 aliphatic rings. The number of rotatable bonds is 4. The van der Waals surface area contributed by atoms with E-state index in [1.807, 2.05) is 36.1 Å². The Morgan fingerprint density at radius 3 is 2.53 bits per heavy atom. The maximum Gasteiger partial charge on any atom is 0.243 e. The van der Waals surface area contributed by atoms with E-state index in [2.05, 4.69) is 12.1 Å². The van der Waals surface area contributed by atoms with Crippen molar-refractivity contribution in [2.45, 2.75) is 37.1 Å². The highest BCUT2D eigenvalue weighted by Crippen LogP contribution is 2.44. The first kappa shape index (κ1) is 19.7. The third-order valence-electron chi connectivity index (χ3n) is 6.76. The summed E-state index contributed by atoms with van der Waals surface area (Å²) in [6.45, 7) is 6.20. The van der Waals surface area contributed by atoms with Gasteiger partial charge in [-0.25, -0.2) is 8.42 Å². The summed E-state index contributed by atoms with van der Waals surface area (Å²) in [5, 5.41) is 0. The van der Waals surface area contributed by atoms with Crippen molar-refractivity contribution in [2.24, 2.45) is 0 Å². The van der Waals surface area contributed by atoms with Crippen LogP contribution in [-0.4, -0.2) is 51.4 Å². The normalized spacial score (nSPS) is 22.4. The molecule has 1 N–H and O–H groups in total. The van der Waals surface area contributed by atoms with Crippen LogP contribution in [0, 0.1) is 0 Å². The Balaban J connectivity index is 1.36. The van der Waals surface area contributed by atoms with E-state index in [4.69, 9.17) is 0 Å². The summed E-state index contributed by atoms with van der Waals surface area (Å²) in [5.41, 5.74) is 4.13. The van der Waals surface area contributed by atoms with Gasteiger partial charge in [-0.2, -0.15) is 4.31 Å². The molecular weight excluding hydrogens is 398 g/mol. The third-order valence-corrected chi connectivity index (χ3v) is 8.63. The van der Waals surface area contributed by atoms with Crippen molar-refractivity contribution in [2.75, 3.05) is 37.6 Å². The van der Waals surface area contributed by atoms with Crippen LogP contribution in [0.5, 0.6) is 0 Å². The second-order valence-corrected chi connectivity index (χ2v) is 10.6. The van der Waals surface area contributed by atoms with Gasteiger partial charge in [0.05, 0.1) is 42.7 Å². The van der Waals surface area contributed by atoms with Crippen molar-refractivity contribution < 1.29 is 18.1 Å². The van der Waals surface area contributed by atoms with Crippen molar-refractivity contribution >= 4 is 21.6 Å². The highest BCUT2D eigenvalue weighted by Gasteiger charge is 2.40. The molecule has 2 aromatic carbocycles. The predicted molar refractivity (Wildman–Crippen MR) is 115 cm³/mol. The molecule has 0 saturated carbocycles. The molecule has 0 spiro atoms. The fourth-order valence-electron chi connectivity index (χ4n) is 5.07. The minimum Gasteiger partial charge on any atom is -0.329 e. The molecule has 1 saturated heterocycles. The Kier molecular flexibility index (Phi) is 4.92. The van der Waals surface area contributed by atoms with E-state index >= 15 is 0 Å². The maximum atomic E-state index is 13.4. The number of amides is 1. The summed E-state index contributed by atoms with van der Waals surface area (Å²) >= 11 is 0.